The normalized spacial score (nSPS) is 19.6. The summed E-state index contributed by atoms with van der Waals surface area (Å²) in [6.07, 6.45) is -2.89. The Morgan fingerprint density at radius 3 is 2.48 bits per heavy atom. The molecule has 0 fully saturated rings. The molecule has 4 nitrogen and oxygen atoms in total. The minimum Gasteiger partial charge on any atom is -0.349 e. The van der Waals surface area contributed by atoms with Gasteiger partial charge >= 0.3 is 6.18 Å². The minimum absolute atomic E-state index is 0.136. The molecular weight excluding hydrogens is 329 g/mol. The first kappa shape index (κ1) is 16.1. The molecule has 0 unspecified atom stereocenters. The maximum absolute atomic E-state index is 13.1. The van der Waals surface area contributed by atoms with E-state index >= 15 is 0 Å². The Bertz CT molecular complexity index is 827. The van der Waals surface area contributed by atoms with E-state index in [9.17, 15) is 21.6 Å². The van der Waals surface area contributed by atoms with Crippen LogP contribution in [-0.2, 0) is 22.7 Å². The third kappa shape index (κ3) is 2.66. The Morgan fingerprint density at radius 1 is 1.09 bits per heavy atom. The largest absolute Gasteiger partial charge is 0.417 e. The number of hydrogen-bond acceptors (Lipinski definition) is 2. The van der Waals surface area contributed by atoms with Gasteiger partial charge in [0, 0.05) is 25.0 Å². The lowest BCUT2D eigenvalue weighted by molar-refractivity contribution is -0.139. The third-order valence-corrected chi connectivity index (χ3v) is 6.09. The molecule has 0 radical (unpaired) electrons. The lowest BCUT2D eigenvalue weighted by Crippen LogP contribution is -2.41. The highest BCUT2D eigenvalue weighted by Crippen LogP contribution is 2.38. The van der Waals surface area contributed by atoms with Gasteiger partial charge in [0.05, 0.1) is 16.5 Å². The number of hydrogen-bond donors (Lipinski definition) is 0. The fourth-order valence-electron chi connectivity index (χ4n) is 2.94. The smallest absolute Gasteiger partial charge is 0.349 e. The zero-order valence-corrected chi connectivity index (χ0v) is 13.1. The van der Waals surface area contributed by atoms with Crippen molar-refractivity contribution in [2.75, 3.05) is 6.54 Å². The van der Waals surface area contributed by atoms with Crippen LogP contribution in [0.3, 0.4) is 0 Å². The van der Waals surface area contributed by atoms with Crippen LogP contribution in [0.5, 0.6) is 0 Å². The molecule has 1 aliphatic rings. The van der Waals surface area contributed by atoms with E-state index in [0.717, 1.165) is 22.1 Å². The second-order valence-electron chi connectivity index (χ2n) is 5.41. The van der Waals surface area contributed by atoms with Crippen molar-refractivity contribution in [1.29, 1.82) is 0 Å². The van der Waals surface area contributed by atoms with Gasteiger partial charge in [-0.25, -0.2) is 8.42 Å². The van der Waals surface area contributed by atoms with E-state index in [4.69, 9.17) is 0 Å². The lowest BCUT2D eigenvalue weighted by Gasteiger charge is -2.34. The number of fused-ring (bicyclic) bond motifs is 1. The van der Waals surface area contributed by atoms with Gasteiger partial charge < -0.3 is 4.57 Å². The Kier molecular flexibility index (Phi) is 3.76. The fraction of sp³-hybridized carbons (Fsp3) is 0.333. The van der Waals surface area contributed by atoms with Crippen molar-refractivity contribution in [3.63, 3.8) is 0 Å². The van der Waals surface area contributed by atoms with E-state index < -0.39 is 32.7 Å². The molecule has 3 rings (SSSR count). The van der Waals surface area contributed by atoms with Gasteiger partial charge in [0.1, 0.15) is 0 Å². The summed E-state index contributed by atoms with van der Waals surface area (Å²) in [5.41, 5.74) is -0.363. The summed E-state index contributed by atoms with van der Waals surface area (Å²) < 4.78 is 68.1. The molecule has 0 aliphatic carbocycles. The van der Waals surface area contributed by atoms with Gasteiger partial charge in [0.25, 0.3) is 0 Å². The zero-order valence-electron chi connectivity index (χ0n) is 12.3. The molecule has 1 aromatic carbocycles. The first-order chi connectivity index (χ1) is 10.7. The summed E-state index contributed by atoms with van der Waals surface area (Å²) in [7, 11) is -4.25. The van der Waals surface area contributed by atoms with Crippen LogP contribution in [0.2, 0.25) is 0 Å². The molecule has 8 heteroatoms. The van der Waals surface area contributed by atoms with Crippen LogP contribution in [0.1, 0.15) is 24.2 Å². The third-order valence-electron chi connectivity index (χ3n) is 4.07. The van der Waals surface area contributed by atoms with Crippen molar-refractivity contribution in [3.05, 3.63) is 53.9 Å². The summed E-state index contributed by atoms with van der Waals surface area (Å²) >= 11 is 0. The summed E-state index contributed by atoms with van der Waals surface area (Å²) in [6, 6.07) is 7.35. The fourth-order valence-corrected chi connectivity index (χ4v) is 4.75. The first-order valence-electron chi connectivity index (χ1n) is 7.06. The van der Waals surface area contributed by atoms with Crippen LogP contribution in [0.15, 0.2) is 47.5 Å². The Morgan fingerprint density at radius 2 is 1.78 bits per heavy atom. The molecule has 1 aliphatic heterocycles. The van der Waals surface area contributed by atoms with E-state index in [0.29, 0.717) is 6.54 Å². The molecule has 0 saturated heterocycles. The van der Waals surface area contributed by atoms with Crippen molar-refractivity contribution in [3.8, 4) is 0 Å². The molecule has 0 spiro atoms. The van der Waals surface area contributed by atoms with Gasteiger partial charge in [-0.15, -0.1) is 0 Å². The minimum atomic E-state index is -4.72. The van der Waals surface area contributed by atoms with E-state index in [-0.39, 0.29) is 6.54 Å². The van der Waals surface area contributed by atoms with Crippen molar-refractivity contribution >= 4 is 10.0 Å². The van der Waals surface area contributed by atoms with Gasteiger partial charge in [-0.2, -0.15) is 17.5 Å². The highest BCUT2D eigenvalue weighted by atomic mass is 32.2. The molecule has 2 aromatic rings. The second-order valence-corrected chi connectivity index (χ2v) is 7.27. The summed E-state index contributed by atoms with van der Waals surface area (Å²) in [5, 5.41) is 0. The van der Waals surface area contributed by atoms with Gasteiger partial charge in [-0.1, -0.05) is 12.1 Å². The van der Waals surface area contributed by atoms with Gasteiger partial charge in [-0.3, -0.25) is 0 Å². The van der Waals surface area contributed by atoms with Crippen LogP contribution in [0, 0.1) is 0 Å². The zero-order chi connectivity index (χ0) is 16.8. The average Bonchev–Trinajstić information content (AvgIpc) is 2.96. The molecular formula is C15H15F3N2O2S. The first-order valence-corrected chi connectivity index (χ1v) is 8.50. The average molecular weight is 344 g/mol. The van der Waals surface area contributed by atoms with Crippen molar-refractivity contribution in [2.45, 2.75) is 30.6 Å². The summed E-state index contributed by atoms with van der Waals surface area (Å²) in [6.45, 7) is 2.23. The molecule has 23 heavy (non-hydrogen) atoms. The van der Waals surface area contributed by atoms with Crippen LogP contribution >= 0.6 is 0 Å². The van der Waals surface area contributed by atoms with Gasteiger partial charge in [0.15, 0.2) is 0 Å². The highest BCUT2D eigenvalue weighted by Gasteiger charge is 2.41. The van der Waals surface area contributed by atoms with E-state index in [1.165, 1.54) is 12.1 Å². The van der Waals surface area contributed by atoms with Crippen molar-refractivity contribution in [1.82, 2.24) is 8.87 Å². The van der Waals surface area contributed by atoms with Gasteiger partial charge in [0.2, 0.25) is 10.0 Å². The Balaban J connectivity index is 2.08. The Hall–Kier alpha value is -1.80. The number of alkyl halides is 3. The standard InChI is InChI=1S/C15H15F3N2O2S/c1-11-13-6-4-8-19(13)9-10-20(11)23(21,22)14-7-3-2-5-12(14)15(16,17)18/h2-8,11H,9-10H2,1H3/t11-/m0/s1. The molecule has 2 heterocycles. The van der Waals surface area contributed by atoms with Crippen LogP contribution < -0.4 is 0 Å². The molecule has 0 N–H and O–H groups in total. The maximum atomic E-state index is 13.1. The molecule has 0 amide bonds. The number of sulfonamides is 1. The maximum Gasteiger partial charge on any atom is 0.417 e. The van der Waals surface area contributed by atoms with Crippen LogP contribution in [0.25, 0.3) is 0 Å². The van der Waals surface area contributed by atoms with E-state index in [1.807, 2.05) is 10.8 Å². The van der Waals surface area contributed by atoms with Gasteiger partial charge in [-0.05, 0) is 31.2 Å². The predicted octanol–water partition coefficient (Wildman–Crippen LogP) is 3.27. The molecule has 1 aromatic heterocycles. The lowest BCUT2D eigenvalue weighted by atomic mass is 10.2. The Labute approximate surface area is 132 Å². The highest BCUT2D eigenvalue weighted by molar-refractivity contribution is 7.89. The quantitative estimate of drug-likeness (QED) is 0.839. The van der Waals surface area contributed by atoms with Crippen molar-refractivity contribution < 1.29 is 21.6 Å². The van der Waals surface area contributed by atoms with Crippen LogP contribution in [0.4, 0.5) is 13.2 Å². The number of aromatic nitrogens is 1. The summed E-state index contributed by atoms with van der Waals surface area (Å²) in [4.78, 5) is -0.695. The second kappa shape index (κ2) is 5.38. The molecule has 124 valence electrons. The number of halogens is 3. The SMILES string of the molecule is C[C@H]1c2cccn2CCN1S(=O)(=O)c1ccccc1C(F)(F)F. The van der Waals surface area contributed by atoms with E-state index in [1.54, 1.807) is 19.1 Å². The number of benzene rings is 1. The van der Waals surface area contributed by atoms with E-state index in [2.05, 4.69) is 0 Å². The topological polar surface area (TPSA) is 42.3 Å². The van der Waals surface area contributed by atoms with Crippen LogP contribution in [-0.4, -0.2) is 23.8 Å². The monoisotopic (exact) mass is 344 g/mol. The molecule has 0 saturated carbocycles. The molecule has 1 atom stereocenters. The predicted molar refractivity (Wildman–Crippen MR) is 78.2 cm³/mol. The van der Waals surface area contributed by atoms with Crippen molar-refractivity contribution in [2.24, 2.45) is 0 Å². The molecule has 0 bridgehead atoms. The number of rotatable bonds is 2. The number of nitrogens with zero attached hydrogens (tertiary/aromatic N) is 2. The summed E-state index contributed by atoms with van der Waals surface area (Å²) in [5.74, 6) is 0.